The van der Waals surface area contributed by atoms with Gasteiger partial charge in [-0.05, 0) is 42.8 Å². The maximum Gasteiger partial charge on any atom is 0.342 e. The maximum atomic E-state index is 13.7. The molecule has 0 saturated carbocycles. The lowest BCUT2D eigenvalue weighted by molar-refractivity contribution is -0.131. The SMILES string of the molecule is CC1=C(C(=O)Oc2ccccc2)C(c2ccccc2Cl)C(C(=O)Oc2ccccc2)=C(COCCN)N1. The van der Waals surface area contributed by atoms with Crippen molar-refractivity contribution in [1.82, 2.24) is 5.32 Å². The van der Waals surface area contributed by atoms with Crippen LogP contribution < -0.4 is 20.5 Å². The van der Waals surface area contributed by atoms with Gasteiger partial charge in [0.25, 0.3) is 0 Å². The van der Waals surface area contributed by atoms with Crippen LogP contribution in [0, 0.1) is 0 Å². The zero-order chi connectivity index (χ0) is 26.2. The van der Waals surface area contributed by atoms with Gasteiger partial charge >= 0.3 is 11.9 Å². The normalized spacial score (nSPS) is 15.3. The second-order valence-corrected chi connectivity index (χ2v) is 8.66. The molecular formula is C29H27ClN2O5. The highest BCUT2D eigenvalue weighted by Gasteiger charge is 2.40. The number of hydrogen-bond donors (Lipinski definition) is 2. The fourth-order valence-corrected chi connectivity index (χ4v) is 4.35. The van der Waals surface area contributed by atoms with Gasteiger partial charge in [-0.2, -0.15) is 0 Å². The van der Waals surface area contributed by atoms with Gasteiger partial charge in [-0.1, -0.05) is 66.2 Å². The van der Waals surface area contributed by atoms with Gasteiger partial charge in [0.1, 0.15) is 11.5 Å². The van der Waals surface area contributed by atoms with Gasteiger partial charge in [0, 0.05) is 17.3 Å². The molecule has 37 heavy (non-hydrogen) atoms. The van der Waals surface area contributed by atoms with Crippen molar-refractivity contribution in [2.45, 2.75) is 12.8 Å². The molecule has 190 valence electrons. The van der Waals surface area contributed by atoms with Crippen molar-refractivity contribution in [3.63, 3.8) is 0 Å². The van der Waals surface area contributed by atoms with Crippen molar-refractivity contribution in [3.05, 3.63) is 118 Å². The van der Waals surface area contributed by atoms with Gasteiger partial charge in [-0.15, -0.1) is 0 Å². The van der Waals surface area contributed by atoms with E-state index in [4.69, 9.17) is 31.5 Å². The van der Waals surface area contributed by atoms with Crippen molar-refractivity contribution in [1.29, 1.82) is 0 Å². The number of allylic oxidation sites excluding steroid dienone is 1. The summed E-state index contributed by atoms with van der Waals surface area (Å²) in [7, 11) is 0. The number of nitrogens with two attached hydrogens (primary N) is 1. The molecule has 1 atom stereocenters. The van der Waals surface area contributed by atoms with Crippen LogP contribution in [0.15, 0.2) is 107 Å². The number of para-hydroxylation sites is 2. The van der Waals surface area contributed by atoms with E-state index in [1.165, 1.54) is 0 Å². The maximum absolute atomic E-state index is 13.7. The van der Waals surface area contributed by atoms with Crippen molar-refractivity contribution < 1.29 is 23.8 Å². The number of nitrogens with one attached hydrogen (secondary N) is 1. The fourth-order valence-electron chi connectivity index (χ4n) is 4.10. The van der Waals surface area contributed by atoms with E-state index in [-0.39, 0.29) is 24.4 Å². The highest BCUT2D eigenvalue weighted by Crippen LogP contribution is 2.42. The highest BCUT2D eigenvalue weighted by molar-refractivity contribution is 6.31. The smallest absolute Gasteiger partial charge is 0.342 e. The Bertz CT molecular complexity index is 1320. The van der Waals surface area contributed by atoms with Crippen LogP contribution in [-0.2, 0) is 14.3 Å². The van der Waals surface area contributed by atoms with E-state index in [0.29, 0.717) is 40.0 Å². The number of esters is 2. The summed E-state index contributed by atoms with van der Waals surface area (Å²) in [5.41, 5.74) is 7.55. The Balaban J connectivity index is 1.82. The molecule has 0 spiro atoms. The summed E-state index contributed by atoms with van der Waals surface area (Å²) in [6.45, 7) is 2.40. The number of dihydropyridines is 1. The van der Waals surface area contributed by atoms with Gasteiger partial charge in [0.05, 0.1) is 36.0 Å². The van der Waals surface area contributed by atoms with Crippen molar-refractivity contribution in [2.75, 3.05) is 19.8 Å². The Kier molecular flexibility index (Phi) is 8.74. The van der Waals surface area contributed by atoms with Crippen LogP contribution in [0.25, 0.3) is 0 Å². The van der Waals surface area contributed by atoms with E-state index < -0.39 is 17.9 Å². The van der Waals surface area contributed by atoms with Crippen LogP contribution in [0.4, 0.5) is 0 Å². The monoisotopic (exact) mass is 518 g/mol. The van der Waals surface area contributed by atoms with Crippen LogP contribution in [0.3, 0.4) is 0 Å². The number of halogens is 1. The van der Waals surface area contributed by atoms with Gasteiger partial charge in [0.15, 0.2) is 0 Å². The number of hydrogen-bond acceptors (Lipinski definition) is 7. The van der Waals surface area contributed by atoms with Crippen LogP contribution in [0.1, 0.15) is 18.4 Å². The highest BCUT2D eigenvalue weighted by atomic mass is 35.5. The van der Waals surface area contributed by atoms with E-state index in [2.05, 4.69) is 5.32 Å². The first-order valence-electron chi connectivity index (χ1n) is 11.8. The third kappa shape index (κ3) is 6.27. The summed E-state index contributed by atoms with van der Waals surface area (Å²) >= 11 is 6.62. The van der Waals surface area contributed by atoms with Gasteiger partial charge < -0.3 is 25.3 Å². The molecule has 1 aliphatic rings. The molecule has 0 bridgehead atoms. The molecule has 0 saturated heterocycles. The first kappa shape index (κ1) is 26.2. The second kappa shape index (κ2) is 12.4. The molecule has 3 N–H and O–H groups in total. The first-order chi connectivity index (χ1) is 18.0. The Labute approximate surface area is 220 Å². The Morgan fingerprint density at radius 2 is 1.38 bits per heavy atom. The molecular weight excluding hydrogens is 492 g/mol. The average molecular weight is 519 g/mol. The summed E-state index contributed by atoms with van der Waals surface area (Å²) in [5, 5.41) is 3.57. The van der Waals surface area contributed by atoms with E-state index >= 15 is 0 Å². The van der Waals surface area contributed by atoms with Crippen molar-refractivity contribution >= 4 is 23.5 Å². The molecule has 1 unspecified atom stereocenters. The van der Waals surface area contributed by atoms with Gasteiger partial charge in [-0.25, -0.2) is 9.59 Å². The molecule has 7 nitrogen and oxygen atoms in total. The molecule has 8 heteroatoms. The quantitative estimate of drug-likeness (QED) is 0.240. The third-order valence-electron chi connectivity index (χ3n) is 5.72. The molecule has 0 aliphatic carbocycles. The lowest BCUT2D eigenvalue weighted by Crippen LogP contribution is -2.36. The predicted molar refractivity (Wildman–Crippen MR) is 141 cm³/mol. The lowest BCUT2D eigenvalue weighted by Gasteiger charge is -2.32. The Morgan fingerprint density at radius 1 is 0.838 bits per heavy atom. The minimum Gasteiger partial charge on any atom is -0.423 e. The zero-order valence-electron chi connectivity index (χ0n) is 20.3. The van der Waals surface area contributed by atoms with E-state index in [1.54, 1.807) is 79.7 Å². The average Bonchev–Trinajstić information content (AvgIpc) is 2.90. The summed E-state index contributed by atoms with van der Waals surface area (Å²) in [4.78, 5) is 27.3. The largest absolute Gasteiger partial charge is 0.423 e. The molecule has 0 fully saturated rings. The second-order valence-electron chi connectivity index (χ2n) is 8.26. The van der Waals surface area contributed by atoms with Crippen molar-refractivity contribution in [3.8, 4) is 11.5 Å². The summed E-state index contributed by atoms with van der Waals surface area (Å²) in [6, 6.07) is 24.5. The number of carbonyl (C=O) groups excluding carboxylic acids is 2. The predicted octanol–water partition coefficient (Wildman–Crippen LogP) is 4.74. The Morgan fingerprint density at radius 3 is 1.95 bits per heavy atom. The van der Waals surface area contributed by atoms with Crippen molar-refractivity contribution in [2.24, 2.45) is 5.73 Å². The third-order valence-corrected chi connectivity index (χ3v) is 6.06. The van der Waals surface area contributed by atoms with E-state index in [9.17, 15) is 9.59 Å². The summed E-state index contributed by atoms with van der Waals surface area (Å²) in [5.74, 6) is -1.40. The van der Waals surface area contributed by atoms with Crippen LogP contribution in [-0.4, -0.2) is 31.7 Å². The molecule has 1 aliphatic heterocycles. The van der Waals surface area contributed by atoms with Gasteiger partial charge in [0.2, 0.25) is 0 Å². The standard InChI is InChI=1S/C29H27ClN2O5/c1-19-25(28(33)36-20-10-4-2-5-11-20)26(22-14-8-9-15-23(22)30)27(24(32-19)18-35-17-16-31)29(34)37-21-12-6-3-7-13-21/h2-15,26,32H,16-18,31H2,1H3. The molecule has 3 aromatic carbocycles. The number of benzene rings is 3. The number of carbonyl (C=O) groups is 2. The van der Waals surface area contributed by atoms with Crippen LogP contribution in [0.2, 0.25) is 5.02 Å². The van der Waals surface area contributed by atoms with Crippen LogP contribution >= 0.6 is 11.6 Å². The Hall–Kier alpha value is -3.91. The molecule has 0 radical (unpaired) electrons. The zero-order valence-corrected chi connectivity index (χ0v) is 21.0. The van der Waals surface area contributed by atoms with Crippen LogP contribution in [0.5, 0.6) is 11.5 Å². The molecule has 0 aromatic heterocycles. The molecule has 1 heterocycles. The van der Waals surface area contributed by atoms with E-state index in [0.717, 1.165) is 0 Å². The molecule has 0 amide bonds. The fraction of sp³-hybridized carbons (Fsp3) is 0.172. The topological polar surface area (TPSA) is 99.9 Å². The number of rotatable bonds is 9. The number of ether oxygens (including phenoxy) is 3. The minimum absolute atomic E-state index is 0.0513. The van der Waals surface area contributed by atoms with E-state index in [1.807, 2.05) is 12.1 Å². The lowest BCUT2D eigenvalue weighted by atomic mass is 9.80. The minimum atomic E-state index is -0.876. The van der Waals surface area contributed by atoms with Gasteiger partial charge in [-0.3, -0.25) is 0 Å². The molecule has 3 aromatic rings. The summed E-state index contributed by atoms with van der Waals surface area (Å²) in [6.07, 6.45) is 0. The summed E-state index contributed by atoms with van der Waals surface area (Å²) < 4.78 is 17.1. The first-order valence-corrected chi connectivity index (χ1v) is 12.1. The molecule has 4 rings (SSSR count).